The van der Waals surface area contributed by atoms with Crippen molar-refractivity contribution in [1.82, 2.24) is 15.6 Å². The molecule has 116 valence electrons. The van der Waals surface area contributed by atoms with Gasteiger partial charge in [0.05, 0.1) is 18.5 Å². The van der Waals surface area contributed by atoms with Crippen molar-refractivity contribution >= 4 is 41.3 Å². The van der Waals surface area contributed by atoms with Crippen LogP contribution in [0.2, 0.25) is 0 Å². The number of aliphatic imine (C=N–C) groups is 1. The third-order valence-corrected chi connectivity index (χ3v) is 4.73. The molecule has 0 aliphatic heterocycles. The van der Waals surface area contributed by atoms with Gasteiger partial charge in [-0.15, -0.1) is 35.3 Å². The first kappa shape index (κ1) is 18.2. The maximum Gasteiger partial charge on any atom is 0.191 e. The van der Waals surface area contributed by atoms with E-state index in [0.717, 1.165) is 36.7 Å². The van der Waals surface area contributed by atoms with Gasteiger partial charge in [-0.2, -0.15) is 5.26 Å². The van der Waals surface area contributed by atoms with Crippen LogP contribution in [0.4, 0.5) is 0 Å². The molecule has 1 aromatic heterocycles. The lowest BCUT2D eigenvalue weighted by molar-refractivity contribution is 0.532. The summed E-state index contributed by atoms with van der Waals surface area (Å²) in [6.45, 7) is 2.81. The van der Waals surface area contributed by atoms with Gasteiger partial charge in [-0.25, -0.2) is 4.98 Å². The van der Waals surface area contributed by atoms with Gasteiger partial charge in [0.15, 0.2) is 5.96 Å². The molecule has 0 amide bonds. The summed E-state index contributed by atoms with van der Waals surface area (Å²) < 4.78 is 0. The third kappa shape index (κ3) is 5.11. The molecule has 2 rings (SSSR count). The Kier molecular flexibility index (Phi) is 7.96. The molecule has 2 atom stereocenters. The first-order valence-electron chi connectivity index (χ1n) is 7.07. The number of hydrogen-bond acceptors (Lipinski definition) is 4. The molecule has 2 unspecified atom stereocenters. The predicted octanol–water partition coefficient (Wildman–Crippen LogP) is 2.68. The van der Waals surface area contributed by atoms with E-state index in [1.807, 2.05) is 6.20 Å². The van der Waals surface area contributed by atoms with Crippen LogP contribution in [-0.2, 0) is 13.0 Å². The van der Waals surface area contributed by atoms with Gasteiger partial charge < -0.3 is 10.6 Å². The van der Waals surface area contributed by atoms with E-state index >= 15 is 0 Å². The van der Waals surface area contributed by atoms with Crippen LogP contribution < -0.4 is 10.6 Å². The summed E-state index contributed by atoms with van der Waals surface area (Å²) in [5.41, 5.74) is 0. The highest BCUT2D eigenvalue weighted by molar-refractivity contribution is 14.0. The average molecular weight is 419 g/mol. The van der Waals surface area contributed by atoms with E-state index in [2.05, 4.69) is 33.6 Å². The van der Waals surface area contributed by atoms with Gasteiger partial charge >= 0.3 is 0 Å². The molecule has 0 bridgehead atoms. The van der Waals surface area contributed by atoms with E-state index in [9.17, 15) is 0 Å². The molecule has 1 aliphatic rings. The monoisotopic (exact) mass is 419 g/mol. The minimum Gasteiger partial charge on any atom is -0.352 e. The topological polar surface area (TPSA) is 73.1 Å². The number of aromatic nitrogens is 1. The molecule has 0 aromatic carbocycles. The fraction of sp³-hybridized carbons (Fsp3) is 0.643. The van der Waals surface area contributed by atoms with Gasteiger partial charge in [-0.1, -0.05) is 6.92 Å². The number of nitrogens with one attached hydrogen (secondary N) is 2. The van der Waals surface area contributed by atoms with Crippen LogP contribution in [-0.4, -0.2) is 24.0 Å². The second-order valence-electron chi connectivity index (χ2n) is 4.92. The molecular formula is C14H22IN5S. The van der Waals surface area contributed by atoms with Crippen molar-refractivity contribution in [3.8, 4) is 6.07 Å². The summed E-state index contributed by atoms with van der Waals surface area (Å²) in [6, 6.07) is 2.59. The van der Waals surface area contributed by atoms with Gasteiger partial charge in [0, 0.05) is 24.2 Å². The highest BCUT2D eigenvalue weighted by atomic mass is 127. The van der Waals surface area contributed by atoms with Gasteiger partial charge in [0.1, 0.15) is 5.01 Å². The van der Waals surface area contributed by atoms with E-state index in [4.69, 9.17) is 5.26 Å². The number of nitrogens with zero attached hydrogens (tertiary/aromatic N) is 3. The van der Waals surface area contributed by atoms with Crippen LogP contribution in [0.1, 0.15) is 36.1 Å². The smallest absolute Gasteiger partial charge is 0.191 e. The Morgan fingerprint density at radius 3 is 3.00 bits per heavy atom. The van der Waals surface area contributed by atoms with E-state index in [-0.39, 0.29) is 35.9 Å². The van der Waals surface area contributed by atoms with E-state index in [1.54, 1.807) is 18.4 Å². The van der Waals surface area contributed by atoms with Crippen molar-refractivity contribution in [1.29, 1.82) is 5.26 Å². The van der Waals surface area contributed by atoms with Crippen LogP contribution in [0.5, 0.6) is 0 Å². The quantitative estimate of drug-likeness (QED) is 0.447. The van der Waals surface area contributed by atoms with Crippen molar-refractivity contribution in [2.45, 2.75) is 45.2 Å². The molecule has 1 aliphatic carbocycles. The van der Waals surface area contributed by atoms with Gasteiger partial charge in [0.25, 0.3) is 0 Å². The summed E-state index contributed by atoms with van der Waals surface area (Å²) in [5.74, 6) is 0.852. The lowest BCUT2D eigenvalue weighted by Gasteiger charge is -2.18. The molecule has 1 saturated carbocycles. The van der Waals surface area contributed by atoms with Gasteiger partial charge in [-0.3, -0.25) is 4.99 Å². The van der Waals surface area contributed by atoms with Crippen LogP contribution in [0.3, 0.4) is 0 Å². The van der Waals surface area contributed by atoms with Crippen molar-refractivity contribution in [2.24, 2.45) is 10.9 Å². The molecule has 7 heteroatoms. The van der Waals surface area contributed by atoms with Crippen LogP contribution >= 0.6 is 35.3 Å². The number of halogens is 1. The number of nitriles is 1. The van der Waals surface area contributed by atoms with Crippen molar-refractivity contribution in [2.75, 3.05) is 7.05 Å². The first-order chi connectivity index (χ1) is 9.76. The predicted molar refractivity (Wildman–Crippen MR) is 97.0 cm³/mol. The SMILES string of the molecule is CCc1cnc(CNC(=NC)NC2CCCC2C#N)s1.I. The Labute approximate surface area is 147 Å². The van der Waals surface area contributed by atoms with E-state index in [1.165, 1.54) is 4.88 Å². The van der Waals surface area contributed by atoms with E-state index in [0.29, 0.717) is 6.54 Å². The summed E-state index contributed by atoms with van der Waals surface area (Å²) >= 11 is 1.72. The molecular weight excluding hydrogens is 397 g/mol. The molecule has 2 N–H and O–H groups in total. The van der Waals surface area contributed by atoms with Crippen LogP contribution in [0.25, 0.3) is 0 Å². The van der Waals surface area contributed by atoms with Crippen molar-refractivity contribution in [3.63, 3.8) is 0 Å². The summed E-state index contributed by atoms with van der Waals surface area (Å²) in [6.07, 6.45) is 6.09. The number of guanidine groups is 1. The Hall–Kier alpha value is -0.880. The first-order valence-corrected chi connectivity index (χ1v) is 7.88. The Morgan fingerprint density at radius 1 is 1.57 bits per heavy atom. The third-order valence-electron chi connectivity index (χ3n) is 3.58. The minimum absolute atomic E-state index is 0. The summed E-state index contributed by atoms with van der Waals surface area (Å²) in [5, 5.41) is 16.8. The van der Waals surface area contributed by atoms with Crippen LogP contribution in [0, 0.1) is 17.2 Å². The van der Waals surface area contributed by atoms with Crippen molar-refractivity contribution in [3.05, 3.63) is 16.1 Å². The molecule has 0 saturated heterocycles. The number of rotatable bonds is 4. The van der Waals surface area contributed by atoms with E-state index < -0.39 is 0 Å². The average Bonchev–Trinajstić information content (AvgIpc) is 3.11. The zero-order chi connectivity index (χ0) is 14.4. The zero-order valence-corrected chi connectivity index (χ0v) is 15.6. The number of thiazole rings is 1. The second-order valence-corrected chi connectivity index (χ2v) is 6.12. The van der Waals surface area contributed by atoms with Gasteiger partial charge in [-0.05, 0) is 25.7 Å². The van der Waals surface area contributed by atoms with Gasteiger partial charge in [0.2, 0.25) is 0 Å². The molecule has 1 fully saturated rings. The molecule has 1 heterocycles. The highest BCUT2D eigenvalue weighted by Gasteiger charge is 2.27. The maximum absolute atomic E-state index is 9.10. The number of hydrogen-bond donors (Lipinski definition) is 2. The lowest BCUT2D eigenvalue weighted by atomic mass is 10.1. The molecule has 5 nitrogen and oxygen atoms in total. The number of aryl methyl sites for hydroxylation is 1. The zero-order valence-electron chi connectivity index (χ0n) is 12.4. The molecule has 0 radical (unpaired) electrons. The minimum atomic E-state index is 0. The second kappa shape index (κ2) is 9.20. The molecule has 1 aromatic rings. The molecule has 21 heavy (non-hydrogen) atoms. The standard InChI is InChI=1S/C14H21N5S.HI/c1-3-11-8-17-13(20-11)9-18-14(16-2)19-12-6-4-5-10(12)7-15;/h8,10,12H,3-6,9H2,1-2H3,(H2,16,18,19);1H. The maximum atomic E-state index is 9.10. The Bertz CT molecular complexity index is 508. The fourth-order valence-electron chi connectivity index (χ4n) is 2.41. The Balaban J connectivity index is 0.00000220. The highest BCUT2D eigenvalue weighted by Crippen LogP contribution is 2.24. The lowest BCUT2D eigenvalue weighted by Crippen LogP contribution is -2.44. The Morgan fingerprint density at radius 2 is 2.38 bits per heavy atom. The normalized spacial score (nSPS) is 21.5. The van der Waals surface area contributed by atoms with Crippen molar-refractivity contribution < 1.29 is 0 Å². The summed E-state index contributed by atoms with van der Waals surface area (Å²) in [7, 11) is 1.75. The van der Waals surface area contributed by atoms with Crippen LogP contribution in [0.15, 0.2) is 11.2 Å². The fourth-order valence-corrected chi connectivity index (χ4v) is 3.21. The largest absolute Gasteiger partial charge is 0.352 e. The summed E-state index contributed by atoms with van der Waals surface area (Å²) in [4.78, 5) is 9.90. The molecule has 0 spiro atoms.